The Labute approximate surface area is 94.9 Å². The predicted octanol–water partition coefficient (Wildman–Crippen LogP) is 2.85. The van der Waals surface area contributed by atoms with E-state index in [0.29, 0.717) is 6.41 Å². The van der Waals surface area contributed by atoms with Gasteiger partial charge in [-0.1, -0.05) is 42.5 Å². The molecular formula is C14H13NO. The van der Waals surface area contributed by atoms with Crippen LogP contribution in [0.3, 0.4) is 0 Å². The predicted molar refractivity (Wildman–Crippen MR) is 65.4 cm³/mol. The van der Waals surface area contributed by atoms with Crippen molar-refractivity contribution >= 4 is 12.1 Å². The Bertz CT molecular complexity index is 465. The maximum Gasteiger partial charge on any atom is 0.211 e. The summed E-state index contributed by atoms with van der Waals surface area (Å²) in [5.41, 5.74) is 3.30. The number of anilines is 1. The fourth-order valence-electron chi connectivity index (χ4n) is 1.67. The van der Waals surface area contributed by atoms with Crippen LogP contribution in [0.1, 0.15) is 11.1 Å². The number of amides is 1. The molecule has 16 heavy (non-hydrogen) atoms. The molecule has 0 radical (unpaired) electrons. The van der Waals surface area contributed by atoms with Gasteiger partial charge in [0.2, 0.25) is 6.41 Å². The van der Waals surface area contributed by atoms with E-state index in [9.17, 15) is 4.79 Å². The molecule has 0 aromatic heterocycles. The largest absolute Gasteiger partial charge is 0.329 e. The summed E-state index contributed by atoms with van der Waals surface area (Å²) in [6.07, 6.45) is 1.58. The van der Waals surface area contributed by atoms with Crippen molar-refractivity contribution in [2.75, 3.05) is 5.32 Å². The second kappa shape index (κ2) is 5.12. The SMILES string of the molecule is O=CNc1cccc(Cc2ccccc2)c1. The van der Waals surface area contributed by atoms with E-state index in [4.69, 9.17) is 0 Å². The van der Waals surface area contributed by atoms with Gasteiger partial charge < -0.3 is 5.32 Å². The lowest BCUT2D eigenvalue weighted by atomic mass is 10.0. The van der Waals surface area contributed by atoms with Gasteiger partial charge in [-0.15, -0.1) is 0 Å². The maximum atomic E-state index is 10.3. The first-order valence-electron chi connectivity index (χ1n) is 5.21. The van der Waals surface area contributed by atoms with Crippen molar-refractivity contribution in [1.82, 2.24) is 0 Å². The maximum absolute atomic E-state index is 10.3. The van der Waals surface area contributed by atoms with Gasteiger partial charge in [0.25, 0.3) is 0 Å². The Kier molecular flexibility index (Phi) is 3.34. The summed E-state index contributed by atoms with van der Waals surface area (Å²) in [7, 11) is 0. The lowest BCUT2D eigenvalue weighted by Crippen LogP contribution is -1.95. The van der Waals surface area contributed by atoms with Crippen molar-refractivity contribution in [3.8, 4) is 0 Å². The number of benzene rings is 2. The molecule has 0 aliphatic rings. The highest BCUT2D eigenvalue weighted by molar-refractivity contribution is 5.71. The molecule has 0 saturated carbocycles. The quantitative estimate of drug-likeness (QED) is 0.774. The monoisotopic (exact) mass is 211 g/mol. The highest BCUT2D eigenvalue weighted by Gasteiger charge is 1.97. The molecule has 0 aliphatic heterocycles. The molecule has 0 saturated heterocycles. The standard InChI is InChI=1S/C14H13NO/c16-11-15-14-8-4-7-13(10-14)9-12-5-2-1-3-6-12/h1-8,10-11H,9H2,(H,15,16). The van der Waals surface area contributed by atoms with Crippen molar-refractivity contribution < 1.29 is 4.79 Å². The summed E-state index contributed by atoms with van der Waals surface area (Å²) in [5, 5.41) is 2.65. The molecular weight excluding hydrogens is 198 g/mol. The molecule has 0 aliphatic carbocycles. The Balaban J connectivity index is 2.15. The van der Waals surface area contributed by atoms with Crippen LogP contribution in [0, 0.1) is 0 Å². The van der Waals surface area contributed by atoms with Crippen LogP contribution in [-0.4, -0.2) is 6.41 Å². The van der Waals surface area contributed by atoms with Crippen molar-refractivity contribution in [1.29, 1.82) is 0 Å². The molecule has 0 spiro atoms. The van der Waals surface area contributed by atoms with Gasteiger partial charge in [0.05, 0.1) is 0 Å². The van der Waals surface area contributed by atoms with Crippen LogP contribution in [0.4, 0.5) is 5.69 Å². The second-order valence-electron chi connectivity index (χ2n) is 3.62. The van der Waals surface area contributed by atoms with Crippen LogP contribution in [-0.2, 0) is 11.2 Å². The van der Waals surface area contributed by atoms with Crippen LogP contribution in [0.25, 0.3) is 0 Å². The van der Waals surface area contributed by atoms with Gasteiger partial charge in [-0.3, -0.25) is 4.79 Å². The summed E-state index contributed by atoms with van der Waals surface area (Å²) < 4.78 is 0. The third-order valence-corrected chi connectivity index (χ3v) is 2.40. The van der Waals surface area contributed by atoms with Crippen molar-refractivity contribution in [3.05, 3.63) is 65.7 Å². The lowest BCUT2D eigenvalue weighted by molar-refractivity contribution is -0.105. The zero-order chi connectivity index (χ0) is 11.2. The van der Waals surface area contributed by atoms with Gasteiger partial charge in [-0.25, -0.2) is 0 Å². The number of carbonyl (C=O) groups is 1. The summed E-state index contributed by atoms with van der Waals surface area (Å²) in [5.74, 6) is 0. The highest BCUT2D eigenvalue weighted by atomic mass is 16.1. The second-order valence-corrected chi connectivity index (χ2v) is 3.62. The smallest absolute Gasteiger partial charge is 0.211 e. The van der Waals surface area contributed by atoms with Crippen molar-refractivity contribution in [3.63, 3.8) is 0 Å². The first-order chi connectivity index (χ1) is 7.88. The van der Waals surface area contributed by atoms with Gasteiger partial charge in [0.15, 0.2) is 0 Å². The third-order valence-electron chi connectivity index (χ3n) is 2.40. The minimum Gasteiger partial charge on any atom is -0.329 e. The molecule has 80 valence electrons. The Morgan fingerprint density at radius 1 is 0.938 bits per heavy atom. The molecule has 2 nitrogen and oxygen atoms in total. The fourth-order valence-corrected chi connectivity index (χ4v) is 1.67. The van der Waals surface area contributed by atoms with Crippen LogP contribution in [0.5, 0.6) is 0 Å². The summed E-state index contributed by atoms with van der Waals surface area (Å²) >= 11 is 0. The number of nitrogens with one attached hydrogen (secondary N) is 1. The number of hydrogen-bond acceptors (Lipinski definition) is 1. The van der Waals surface area contributed by atoms with Gasteiger partial charge in [-0.2, -0.15) is 0 Å². The third kappa shape index (κ3) is 2.70. The van der Waals surface area contributed by atoms with E-state index < -0.39 is 0 Å². The van der Waals surface area contributed by atoms with Crippen LogP contribution < -0.4 is 5.32 Å². The molecule has 0 heterocycles. The Morgan fingerprint density at radius 3 is 2.44 bits per heavy atom. The summed E-state index contributed by atoms with van der Waals surface area (Å²) in [6, 6.07) is 18.1. The first-order valence-corrected chi connectivity index (χ1v) is 5.21. The molecule has 2 aromatic rings. The zero-order valence-electron chi connectivity index (χ0n) is 8.89. The molecule has 0 fully saturated rings. The minimum absolute atomic E-state index is 0.696. The highest BCUT2D eigenvalue weighted by Crippen LogP contribution is 2.13. The van der Waals surface area contributed by atoms with Crippen molar-refractivity contribution in [2.45, 2.75) is 6.42 Å². The van der Waals surface area contributed by atoms with Crippen LogP contribution in [0.15, 0.2) is 54.6 Å². The van der Waals surface area contributed by atoms with Gasteiger partial charge >= 0.3 is 0 Å². The van der Waals surface area contributed by atoms with E-state index >= 15 is 0 Å². The molecule has 0 unspecified atom stereocenters. The van der Waals surface area contributed by atoms with Gasteiger partial charge in [-0.05, 0) is 29.7 Å². The lowest BCUT2D eigenvalue weighted by Gasteiger charge is -2.04. The van der Waals surface area contributed by atoms with Gasteiger partial charge in [0, 0.05) is 5.69 Å². The average molecular weight is 211 g/mol. The normalized spacial score (nSPS) is 9.75. The van der Waals surface area contributed by atoms with Crippen molar-refractivity contribution in [2.24, 2.45) is 0 Å². The minimum atomic E-state index is 0.696. The summed E-state index contributed by atoms with van der Waals surface area (Å²) in [6.45, 7) is 0. The molecule has 2 aromatic carbocycles. The topological polar surface area (TPSA) is 29.1 Å². The fraction of sp³-hybridized carbons (Fsp3) is 0.0714. The van der Waals surface area contributed by atoms with E-state index in [2.05, 4.69) is 23.5 Å². The van der Waals surface area contributed by atoms with E-state index in [0.717, 1.165) is 12.1 Å². The average Bonchev–Trinajstić information content (AvgIpc) is 2.31. The van der Waals surface area contributed by atoms with Crippen LogP contribution in [0.2, 0.25) is 0 Å². The van der Waals surface area contributed by atoms with E-state index in [1.807, 2.05) is 36.4 Å². The Morgan fingerprint density at radius 2 is 1.69 bits per heavy atom. The van der Waals surface area contributed by atoms with E-state index in [1.54, 1.807) is 0 Å². The molecule has 0 atom stereocenters. The Hall–Kier alpha value is -2.09. The number of hydrogen-bond donors (Lipinski definition) is 1. The van der Waals surface area contributed by atoms with E-state index in [1.165, 1.54) is 11.1 Å². The summed E-state index contributed by atoms with van der Waals surface area (Å²) in [4.78, 5) is 10.3. The first kappa shape index (κ1) is 10.4. The number of rotatable bonds is 4. The molecule has 1 N–H and O–H groups in total. The molecule has 0 bridgehead atoms. The van der Waals surface area contributed by atoms with Crippen LogP contribution >= 0.6 is 0 Å². The van der Waals surface area contributed by atoms with Gasteiger partial charge in [0.1, 0.15) is 0 Å². The molecule has 2 rings (SSSR count). The molecule has 2 heteroatoms. The number of carbonyl (C=O) groups excluding carboxylic acids is 1. The molecule has 1 amide bonds. The van der Waals surface area contributed by atoms with E-state index in [-0.39, 0.29) is 0 Å². The zero-order valence-corrected chi connectivity index (χ0v) is 8.89.